The molecule has 5 aromatic rings. The van der Waals surface area contributed by atoms with Crippen LogP contribution in [0.3, 0.4) is 0 Å². The van der Waals surface area contributed by atoms with Crippen LogP contribution in [0.15, 0.2) is 41.5 Å². The van der Waals surface area contributed by atoms with Crippen molar-refractivity contribution < 1.29 is 19.1 Å². The summed E-state index contributed by atoms with van der Waals surface area (Å²) >= 11 is 0. The smallest absolute Gasteiger partial charge is 0.407 e. The predicted octanol–water partition coefficient (Wildman–Crippen LogP) is 4.74. The zero-order valence-corrected chi connectivity index (χ0v) is 26.3. The number of nitrogens with zero attached hydrogens (tertiary/aromatic N) is 7. The first-order chi connectivity index (χ1) is 21.9. The van der Waals surface area contributed by atoms with E-state index in [4.69, 9.17) is 4.98 Å². The second-order valence-electron chi connectivity index (χ2n) is 12.5. The summed E-state index contributed by atoms with van der Waals surface area (Å²) in [4.78, 5) is 54.6. The van der Waals surface area contributed by atoms with Crippen LogP contribution in [0.5, 0.6) is 0 Å². The Balaban J connectivity index is 1.63. The van der Waals surface area contributed by atoms with Gasteiger partial charge in [-0.05, 0) is 56.0 Å². The van der Waals surface area contributed by atoms with Crippen LogP contribution in [0, 0.1) is 19.7 Å². The molecule has 1 fully saturated rings. The topological polar surface area (TPSA) is 141 Å². The number of likely N-dealkylation sites (N-methyl/N-ethyl adjacent to an activating group) is 1. The van der Waals surface area contributed by atoms with E-state index in [0.717, 1.165) is 11.1 Å². The Kier molecular flexibility index (Phi) is 6.62. The van der Waals surface area contributed by atoms with Gasteiger partial charge in [-0.2, -0.15) is 5.10 Å². The van der Waals surface area contributed by atoms with Crippen LogP contribution in [-0.4, -0.2) is 79.0 Å². The molecule has 2 atom stereocenters. The van der Waals surface area contributed by atoms with Crippen LogP contribution in [0.2, 0.25) is 0 Å². The molecule has 12 nitrogen and oxygen atoms in total. The first-order valence-electron chi connectivity index (χ1n) is 15.1. The lowest BCUT2D eigenvalue weighted by atomic mass is 9.97. The number of halogens is 1. The van der Waals surface area contributed by atoms with Gasteiger partial charge in [-0.15, -0.1) is 0 Å². The van der Waals surface area contributed by atoms with E-state index in [1.807, 2.05) is 39.8 Å². The van der Waals surface area contributed by atoms with Gasteiger partial charge in [0, 0.05) is 42.2 Å². The van der Waals surface area contributed by atoms with Gasteiger partial charge in [0.2, 0.25) is 0 Å². The Labute approximate surface area is 263 Å². The van der Waals surface area contributed by atoms with Gasteiger partial charge in [0.25, 0.3) is 11.5 Å². The number of rotatable bonds is 3. The van der Waals surface area contributed by atoms with E-state index < -0.39 is 35.5 Å². The zero-order chi connectivity index (χ0) is 32.8. The molecule has 0 unspecified atom stereocenters. The average Bonchev–Trinajstić information content (AvgIpc) is 3.48. The number of fused-ring (bicyclic) bond motifs is 6. The van der Waals surface area contributed by atoms with Gasteiger partial charge in [-0.3, -0.25) is 24.2 Å². The SMILES string of the molecule is Cc1ccnc(C(C)C)c1-n1c(=O)c2c(c3cc(F)c(-c4c(C)ccc5[nH]ncc45)nc31)N1C[C@@H](C)N(C(=O)O)C[C@@H]1C(=O)N2C. The van der Waals surface area contributed by atoms with Gasteiger partial charge in [0.1, 0.15) is 23.2 Å². The highest BCUT2D eigenvalue weighted by atomic mass is 19.1. The zero-order valence-electron chi connectivity index (χ0n) is 26.3. The van der Waals surface area contributed by atoms with Crippen molar-refractivity contribution in [3.05, 3.63) is 69.7 Å². The molecule has 6 heterocycles. The number of carbonyl (C=O) groups excluding carboxylic acids is 1. The number of hydrogen-bond acceptors (Lipinski definition) is 7. The van der Waals surface area contributed by atoms with Crippen LogP contribution < -0.4 is 15.4 Å². The highest BCUT2D eigenvalue weighted by Gasteiger charge is 2.46. The molecule has 2 aliphatic rings. The monoisotopic (exact) mass is 624 g/mol. The summed E-state index contributed by atoms with van der Waals surface area (Å²) in [5.74, 6) is -1.12. The lowest BCUT2D eigenvalue weighted by molar-refractivity contribution is -0.120. The Morgan fingerprint density at radius 1 is 1.07 bits per heavy atom. The number of pyridine rings is 3. The van der Waals surface area contributed by atoms with Crippen LogP contribution >= 0.6 is 0 Å². The van der Waals surface area contributed by atoms with Crippen LogP contribution in [0.25, 0.3) is 38.9 Å². The minimum absolute atomic E-state index is 0.0543. The van der Waals surface area contributed by atoms with E-state index in [-0.39, 0.29) is 36.0 Å². The largest absolute Gasteiger partial charge is 0.465 e. The standard InChI is InChI=1S/C33H33FN8O4/c1-15(2)25-27(17(4)9-10-35-25)42-30-19(11-21(34)26(37-30)24-16(3)7-8-22-20(24)12-36-38-22)28-29(32(42)44)39(6)31(43)23-14-40(33(45)46)18(5)13-41(23)28/h7-12,15,18,23H,13-14H2,1-6H3,(H,36,38)(H,45,46)/t18-,23-/m1/s1. The number of aromatic nitrogens is 5. The first kappa shape index (κ1) is 29.4. The van der Waals surface area contributed by atoms with Crippen LogP contribution in [0.1, 0.15) is 43.5 Å². The summed E-state index contributed by atoms with van der Waals surface area (Å²) in [7, 11) is 1.50. The van der Waals surface area contributed by atoms with Crippen molar-refractivity contribution in [2.24, 2.45) is 0 Å². The molecule has 46 heavy (non-hydrogen) atoms. The third-order valence-corrected chi connectivity index (χ3v) is 9.27. The van der Waals surface area contributed by atoms with Crippen molar-refractivity contribution in [1.29, 1.82) is 0 Å². The number of aryl methyl sites for hydroxylation is 2. The van der Waals surface area contributed by atoms with Gasteiger partial charge in [-0.25, -0.2) is 14.2 Å². The van der Waals surface area contributed by atoms with Crippen LogP contribution in [0.4, 0.5) is 20.6 Å². The van der Waals surface area contributed by atoms with E-state index in [2.05, 4.69) is 15.2 Å². The van der Waals surface area contributed by atoms with Gasteiger partial charge in [-0.1, -0.05) is 19.9 Å². The highest BCUT2D eigenvalue weighted by molar-refractivity contribution is 6.12. The van der Waals surface area contributed by atoms with Crippen molar-refractivity contribution in [2.75, 3.05) is 29.9 Å². The molecular formula is C33H33FN8O4. The fraction of sp³-hybridized carbons (Fsp3) is 0.333. The van der Waals surface area contributed by atoms with E-state index in [0.29, 0.717) is 38.9 Å². The minimum Gasteiger partial charge on any atom is -0.465 e. The normalized spacial score (nSPS) is 18.1. The molecule has 13 heteroatoms. The molecule has 236 valence electrons. The molecule has 0 spiro atoms. The summed E-state index contributed by atoms with van der Waals surface area (Å²) < 4.78 is 18.0. The highest BCUT2D eigenvalue weighted by Crippen LogP contribution is 2.43. The maximum Gasteiger partial charge on any atom is 0.407 e. The third kappa shape index (κ3) is 4.10. The second kappa shape index (κ2) is 10.4. The van der Waals surface area contributed by atoms with Crippen molar-refractivity contribution in [1.82, 2.24) is 29.6 Å². The average molecular weight is 625 g/mol. The molecule has 1 saturated heterocycles. The molecule has 2 amide bonds. The molecule has 0 aliphatic carbocycles. The summed E-state index contributed by atoms with van der Waals surface area (Å²) in [6, 6.07) is 5.50. The molecular weight excluding hydrogens is 591 g/mol. The predicted molar refractivity (Wildman–Crippen MR) is 172 cm³/mol. The number of nitrogens with one attached hydrogen (secondary N) is 1. The number of hydrogen-bond donors (Lipinski definition) is 2. The maximum absolute atomic E-state index is 16.6. The summed E-state index contributed by atoms with van der Waals surface area (Å²) in [5, 5.41) is 17.9. The molecule has 0 saturated carbocycles. The van der Waals surface area contributed by atoms with Crippen molar-refractivity contribution >= 4 is 45.3 Å². The van der Waals surface area contributed by atoms with E-state index in [1.54, 1.807) is 30.3 Å². The lowest BCUT2D eigenvalue weighted by Gasteiger charge is -2.49. The molecule has 1 aromatic carbocycles. The lowest BCUT2D eigenvalue weighted by Crippen LogP contribution is -2.66. The van der Waals surface area contributed by atoms with E-state index in [9.17, 15) is 19.5 Å². The Bertz CT molecular complexity index is 2170. The maximum atomic E-state index is 16.6. The van der Waals surface area contributed by atoms with Gasteiger partial charge < -0.3 is 19.8 Å². The summed E-state index contributed by atoms with van der Waals surface area (Å²) in [6.07, 6.45) is 2.17. The van der Waals surface area contributed by atoms with E-state index in [1.165, 1.54) is 27.5 Å². The number of carbonyl (C=O) groups is 2. The number of carboxylic acid groups (broad SMARTS) is 1. The Morgan fingerprint density at radius 2 is 1.83 bits per heavy atom. The van der Waals surface area contributed by atoms with Crippen molar-refractivity contribution in [3.63, 3.8) is 0 Å². The number of amides is 2. The minimum atomic E-state index is -1.14. The molecule has 7 rings (SSSR count). The fourth-order valence-electron chi connectivity index (χ4n) is 6.99. The Morgan fingerprint density at radius 3 is 2.54 bits per heavy atom. The van der Waals surface area contributed by atoms with Crippen LogP contribution in [-0.2, 0) is 4.79 Å². The third-order valence-electron chi connectivity index (χ3n) is 9.27. The molecule has 2 N–H and O–H groups in total. The van der Waals surface area contributed by atoms with Crippen molar-refractivity contribution in [3.8, 4) is 16.9 Å². The number of anilines is 2. The van der Waals surface area contributed by atoms with Gasteiger partial charge in [0.15, 0.2) is 5.65 Å². The second-order valence-corrected chi connectivity index (χ2v) is 12.5. The summed E-state index contributed by atoms with van der Waals surface area (Å²) in [6.45, 7) is 9.46. The molecule has 2 aliphatic heterocycles. The van der Waals surface area contributed by atoms with E-state index >= 15 is 4.39 Å². The van der Waals surface area contributed by atoms with Crippen molar-refractivity contribution in [2.45, 2.75) is 52.6 Å². The number of H-pyrrole nitrogens is 1. The fourth-order valence-corrected chi connectivity index (χ4v) is 6.99. The summed E-state index contributed by atoms with van der Waals surface area (Å²) in [5.41, 5.74) is 4.13. The Hall–Kier alpha value is -5.33. The number of piperazine rings is 1. The van der Waals surface area contributed by atoms with Gasteiger partial charge in [0.05, 0.1) is 35.3 Å². The first-order valence-corrected chi connectivity index (χ1v) is 15.1. The quantitative estimate of drug-likeness (QED) is 0.294. The molecule has 0 bridgehead atoms. The number of benzene rings is 1. The van der Waals surface area contributed by atoms with Gasteiger partial charge >= 0.3 is 6.09 Å². The molecule has 0 radical (unpaired) electrons. The number of aromatic amines is 1. The molecule has 4 aromatic heterocycles.